The molecule has 3 atom stereocenters. The minimum absolute atomic E-state index is 0.0568. The molecule has 3 rings (SSSR count). The van der Waals surface area contributed by atoms with Crippen LogP contribution in [0.5, 0.6) is 0 Å². The monoisotopic (exact) mass is 445 g/mol. The van der Waals surface area contributed by atoms with E-state index in [1.807, 2.05) is 13.8 Å². The van der Waals surface area contributed by atoms with Gasteiger partial charge in [-0.15, -0.1) is 0 Å². The van der Waals surface area contributed by atoms with E-state index in [0.29, 0.717) is 35.6 Å². The Morgan fingerprint density at radius 3 is 2.50 bits per heavy atom. The summed E-state index contributed by atoms with van der Waals surface area (Å²) in [5, 5.41) is 3.18. The molecule has 1 aliphatic heterocycles. The fourth-order valence-electron chi connectivity index (χ4n) is 4.36. The predicted molar refractivity (Wildman–Crippen MR) is 114 cm³/mol. The van der Waals surface area contributed by atoms with Crippen LogP contribution in [0.3, 0.4) is 0 Å². The van der Waals surface area contributed by atoms with Crippen molar-refractivity contribution in [2.45, 2.75) is 33.1 Å². The molecule has 0 bridgehead atoms. The zero-order valence-corrected chi connectivity index (χ0v) is 18.7. The van der Waals surface area contributed by atoms with Crippen LogP contribution >= 0.6 is 0 Å². The summed E-state index contributed by atoms with van der Waals surface area (Å²) < 4.78 is 29.1. The molecule has 7 nitrogen and oxygen atoms in total. The standard InChI is InChI=1S/C24H28FNO6/c1-5-31-10-11-32-24(29)19-14(3)26-17-12-13(2)18(23(28)30-4)22(27)21(17)20(19)15-6-8-16(25)9-7-15/h6-9,13,18,20,26H,5,10-12H2,1-4H3/t13-,18+,20-/m1/s1. The largest absolute Gasteiger partial charge is 0.468 e. The predicted octanol–water partition coefficient (Wildman–Crippen LogP) is 3.02. The van der Waals surface area contributed by atoms with Crippen LogP contribution in [0.25, 0.3) is 0 Å². The normalized spacial score (nSPS) is 22.9. The number of methoxy groups -OCH3 is 1. The van der Waals surface area contributed by atoms with E-state index in [1.165, 1.54) is 31.4 Å². The highest BCUT2D eigenvalue weighted by Gasteiger charge is 2.47. The Balaban J connectivity index is 2.06. The zero-order valence-electron chi connectivity index (χ0n) is 18.7. The number of allylic oxidation sites excluding steroid dienone is 3. The lowest BCUT2D eigenvalue weighted by Gasteiger charge is -2.38. The maximum atomic E-state index is 13.6. The van der Waals surface area contributed by atoms with Crippen molar-refractivity contribution in [3.05, 3.63) is 58.2 Å². The van der Waals surface area contributed by atoms with Crippen molar-refractivity contribution in [3.8, 4) is 0 Å². The molecule has 0 spiro atoms. The number of carbonyl (C=O) groups excluding carboxylic acids is 3. The zero-order chi connectivity index (χ0) is 23.4. The van der Waals surface area contributed by atoms with Gasteiger partial charge in [0.05, 0.1) is 19.3 Å². The summed E-state index contributed by atoms with van der Waals surface area (Å²) in [4.78, 5) is 39.0. The molecule has 1 heterocycles. The maximum absolute atomic E-state index is 13.6. The van der Waals surface area contributed by atoms with Gasteiger partial charge in [0, 0.05) is 29.5 Å². The highest BCUT2D eigenvalue weighted by Crippen LogP contribution is 2.45. The smallest absolute Gasteiger partial charge is 0.336 e. The van der Waals surface area contributed by atoms with Crippen molar-refractivity contribution < 1.29 is 33.0 Å². The maximum Gasteiger partial charge on any atom is 0.336 e. The first-order valence-corrected chi connectivity index (χ1v) is 10.6. The molecule has 172 valence electrons. The SMILES string of the molecule is CCOCCOC(=O)C1=C(C)NC2=C(C(=O)[C@@H](C(=O)OC)[C@H](C)C2)[C@@H]1c1ccc(F)cc1. The van der Waals surface area contributed by atoms with Crippen LogP contribution in [0.15, 0.2) is 46.8 Å². The molecule has 0 unspecified atom stereocenters. The van der Waals surface area contributed by atoms with E-state index >= 15 is 0 Å². The average Bonchev–Trinajstić information content (AvgIpc) is 2.76. The minimum atomic E-state index is -0.975. The Kier molecular flexibility index (Phi) is 7.45. The summed E-state index contributed by atoms with van der Waals surface area (Å²) in [6.45, 7) is 6.19. The third-order valence-corrected chi connectivity index (χ3v) is 5.83. The van der Waals surface area contributed by atoms with Gasteiger partial charge in [0.25, 0.3) is 0 Å². The first kappa shape index (κ1) is 23.7. The van der Waals surface area contributed by atoms with Crippen molar-refractivity contribution in [1.82, 2.24) is 5.32 Å². The molecule has 1 aliphatic carbocycles. The van der Waals surface area contributed by atoms with Gasteiger partial charge in [-0.2, -0.15) is 0 Å². The number of hydrogen-bond acceptors (Lipinski definition) is 7. The van der Waals surface area contributed by atoms with Gasteiger partial charge in [0.1, 0.15) is 18.3 Å². The summed E-state index contributed by atoms with van der Waals surface area (Å²) in [6, 6.07) is 5.63. The Morgan fingerprint density at radius 1 is 1.19 bits per heavy atom. The lowest BCUT2D eigenvalue weighted by molar-refractivity contribution is -0.151. The van der Waals surface area contributed by atoms with E-state index in [4.69, 9.17) is 14.2 Å². The van der Waals surface area contributed by atoms with E-state index in [9.17, 15) is 18.8 Å². The minimum Gasteiger partial charge on any atom is -0.468 e. The molecule has 0 amide bonds. The van der Waals surface area contributed by atoms with Crippen molar-refractivity contribution in [1.29, 1.82) is 0 Å². The number of benzene rings is 1. The second-order valence-electron chi connectivity index (χ2n) is 7.92. The van der Waals surface area contributed by atoms with Crippen LogP contribution in [0.2, 0.25) is 0 Å². The molecule has 0 saturated carbocycles. The molecule has 0 saturated heterocycles. The number of carbonyl (C=O) groups is 3. The van der Waals surface area contributed by atoms with Crippen LogP contribution in [0.4, 0.5) is 4.39 Å². The van der Waals surface area contributed by atoms with Crippen LogP contribution in [-0.4, -0.2) is 44.7 Å². The number of halogens is 1. The molecular formula is C24H28FNO6. The summed E-state index contributed by atoms with van der Waals surface area (Å²) in [6.07, 6.45) is 0.433. The van der Waals surface area contributed by atoms with Gasteiger partial charge in [-0.1, -0.05) is 19.1 Å². The van der Waals surface area contributed by atoms with Crippen LogP contribution in [0, 0.1) is 17.7 Å². The summed E-state index contributed by atoms with van der Waals surface area (Å²) >= 11 is 0. The Morgan fingerprint density at radius 2 is 1.88 bits per heavy atom. The van der Waals surface area contributed by atoms with E-state index in [2.05, 4.69) is 5.32 Å². The first-order chi connectivity index (χ1) is 15.3. The van der Waals surface area contributed by atoms with Gasteiger partial charge >= 0.3 is 11.9 Å². The molecule has 32 heavy (non-hydrogen) atoms. The van der Waals surface area contributed by atoms with E-state index < -0.39 is 35.4 Å². The van der Waals surface area contributed by atoms with Gasteiger partial charge in [0.15, 0.2) is 5.78 Å². The number of esters is 2. The second kappa shape index (κ2) is 10.1. The number of nitrogens with one attached hydrogen (secondary N) is 1. The number of hydrogen-bond donors (Lipinski definition) is 1. The molecule has 0 aromatic heterocycles. The number of dihydropyridines is 1. The molecule has 0 radical (unpaired) electrons. The van der Waals surface area contributed by atoms with Crippen LogP contribution in [-0.2, 0) is 28.6 Å². The lowest BCUT2D eigenvalue weighted by Crippen LogP contribution is -2.43. The van der Waals surface area contributed by atoms with Gasteiger partial charge in [0.2, 0.25) is 0 Å². The van der Waals surface area contributed by atoms with Gasteiger partial charge in [-0.3, -0.25) is 9.59 Å². The van der Waals surface area contributed by atoms with E-state index in [0.717, 1.165) is 0 Å². The summed E-state index contributed by atoms with van der Waals surface area (Å²) in [5.74, 6) is -4.09. The van der Waals surface area contributed by atoms with Crippen molar-refractivity contribution >= 4 is 17.7 Å². The fourth-order valence-corrected chi connectivity index (χ4v) is 4.36. The fraction of sp³-hybridized carbons (Fsp3) is 0.458. The van der Waals surface area contributed by atoms with Gasteiger partial charge in [-0.25, -0.2) is 9.18 Å². The van der Waals surface area contributed by atoms with Gasteiger partial charge < -0.3 is 19.5 Å². The summed E-state index contributed by atoms with van der Waals surface area (Å²) in [5.41, 5.74) is 2.32. The highest BCUT2D eigenvalue weighted by atomic mass is 19.1. The Bertz CT molecular complexity index is 965. The van der Waals surface area contributed by atoms with E-state index in [-0.39, 0.29) is 24.7 Å². The molecule has 1 N–H and O–H groups in total. The van der Waals surface area contributed by atoms with Crippen LogP contribution < -0.4 is 5.32 Å². The molecule has 2 aliphatic rings. The Labute approximate surface area is 186 Å². The molecule has 0 fully saturated rings. The lowest BCUT2D eigenvalue weighted by atomic mass is 9.69. The number of Topliss-reactive ketones (excluding diaryl/α,β-unsaturated/α-hetero) is 1. The molecule has 1 aromatic rings. The number of ether oxygens (including phenoxy) is 3. The molecule has 8 heteroatoms. The third kappa shape index (κ3) is 4.60. The second-order valence-corrected chi connectivity index (χ2v) is 7.92. The van der Waals surface area contributed by atoms with Crippen LogP contribution in [0.1, 0.15) is 38.7 Å². The van der Waals surface area contributed by atoms with Crippen molar-refractivity contribution in [2.24, 2.45) is 11.8 Å². The van der Waals surface area contributed by atoms with Gasteiger partial charge in [-0.05, 0) is 43.9 Å². The summed E-state index contributed by atoms with van der Waals surface area (Å²) in [7, 11) is 1.24. The average molecular weight is 445 g/mol. The topological polar surface area (TPSA) is 90.9 Å². The Hall–Kier alpha value is -3.00. The third-order valence-electron chi connectivity index (χ3n) is 5.83. The van der Waals surface area contributed by atoms with Crippen molar-refractivity contribution in [2.75, 3.05) is 26.9 Å². The quantitative estimate of drug-likeness (QED) is 0.392. The molecule has 1 aromatic carbocycles. The first-order valence-electron chi connectivity index (χ1n) is 10.6. The number of ketones is 1. The number of rotatable bonds is 7. The molecular weight excluding hydrogens is 417 g/mol. The highest BCUT2D eigenvalue weighted by molar-refractivity contribution is 6.12. The van der Waals surface area contributed by atoms with E-state index in [1.54, 1.807) is 6.92 Å². The van der Waals surface area contributed by atoms with Crippen molar-refractivity contribution in [3.63, 3.8) is 0 Å².